The van der Waals surface area contributed by atoms with E-state index in [1.165, 1.54) is 0 Å². The minimum Gasteiger partial charge on any atom is -0.444 e. The predicted octanol–water partition coefficient (Wildman–Crippen LogP) is 0.465. The van der Waals surface area contributed by atoms with Crippen molar-refractivity contribution in [3.05, 3.63) is 35.9 Å². The van der Waals surface area contributed by atoms with Crippen LogP contribution in [0, 0.1) is 0 Å². The van der Waals surface area contributed by atoms with Gasteiger partial charge in [-0.2, -0.15) is 0 Å². The molecule has 0 heterocycles. The summed E-state index contributed by atoms with van der Waals surface area (Å²) in [5.74, 6) is -1.08. The highest BCUT2D eigenvalue weighted by Gasteiger charge is 2.17. The van der Waals surface area contributed by atoms with Crippen molar-refractivity contribution in [3.8, 4) is 0 Å². The molecule has 1 aromatic rings. The molecule has 1 rings (SSSR count). The summed E-state index contributed by atoms with van der Waals surface area (Å²) in [6.45, 7) is 4.46. The second-order valence-corrected chi connectivity index (χ2v) is 6.56. The molecular weight excluding hydrogens is 338 g/mol. The molecule has 26 heavy (non-hydrogen) atoms. The maximum atomic E-state index is 11.8. The summed E-state index contributed by atoms with van der Waals surface area (Å²) in [6.07, 6.45) is 1.35. The van der Waals surface area contributed by atoms with Crippen molar-refractivity contribution < 1.29 is 23.9 Å². The first-order valence-corrected chi connectivity index (χ1v) is 8.14. The Bertz CT molecular complexity index is 625. The molecule has 0 aromatic heterocycles. The minimum atomic E-state index is -0.804. The molecule has 0 unspecified atom stereocenters. The Balaban J connectivity index is 2.30. The third-order valence-electron chi connectivity index (χ3n) is 3.00. The Morgan fingerprint density at radius 1 is 1.04 bits per heavy atom. The molecule has 0 aliphatic heterocycles. The van der Waals surface area contributed by atoms with Crippen LogP contribution in [0.5, 0.6) is 0 Å². The van der Waals surface area contributed by atoms with E-state index in [1.54, 1.807) is 27.1 Å². The van der Waals surface area contributed by atoms with Crippen molar-refractivity contribution in [1.29, 1.82) is 0 Å². The second kappa shape index (κ2) is 10.2. The number of ether oxygens (including phenoxy) is 1. The maximum absolute atomic E-state index is 11.8. The van der Waals surface area contributed by atoms with Crippen molar-refractivity contribution in [2.75, 3.05) is 13.1 Å². The van der Waals surface area contributed by atoms with Crippen LogP contribution in [-0.4, -0.2) is 48.9 Å². The molecule has 0 saturated heterocycles. The summed E-state index contributed by atoms with van der Waals surface area (Å²) in [5.41, 5.74) is 0.214. The summed E-state index contributed by atoms with van der Waals surface area (Å²) < 4.78 is 4.99. The summed E-state index contributed by atoms with van der Waals surface area (Å²) >= 11 is 0. The number of hydrogen-bond acceptors (Lipinski definition) is 5. The zero-order valence-corrected chi connectivity index (χ0v) is 15.1. The Hall–Kier alpha value is -2.90. The molecule has 1 aromatic carbocycles. The number of carbonyl (C=O) groups is 3. The molecule has 1 atom stereocenters. The van der Waals surface area contributed by atoms with Gasteiger partial charge in [0.05, 0.1) is 12.6 Å². The van der Waals surface area contributed by atoms with Crippen LogP contribution in [0.25, 0.3) is 0 Å². The molecule has 0 saturated carbocycles. The van der Waals surface area contributed by atoms with Crippen LogP contribution >= 0.6 is 0 Å². The number of hydrogen-bond donors (Lipinski definition) is 3. The molecule has 0 aliphatic rings. The highest BCUT2D eigenvalue weighted by Crippen LogP contribution is 2.06. The summed E-state index contributed by atoms with van der Waals surface area (Å²) in [4.78, 5) is 45.9. The first kappa shape index (κ1) is 21.1. The third-order valence-corrected chi connectivity index (χ3v) is 3.00. The molecular formula is C18H24N3O5. The lowest BCUT2D eigenvalue weighted by molar-refractivity contribution is -0.125. The molecule has 0 fully saturated rings. The lowest BCUT2D eigenvalue weighted by Gasteiger charge is -2.19. The first-order chi connectivity index (χ1) is 12.2. The molecule has 8 nitrogen and oxygen atoms in total. The van der Waals surface area contributed by atoms with E-state index >= 15 is 0 Å². The first-order valence-electron chi connectivity index (χ1n) is 8.14. The molecule has 0 bridgehead atoms. The van der Waals surface area contributed by atoms with Gasteiger partial charge < -0.3 is 20.7 Å². The number of alkyl carbamates (subject to hydrolysis) is 1. The standard InChI is InChI=1S/C18H24N3O5/c1-18(2,3)26-17(25)20-10-15(23)19-11-16(24)21-14(12-22)9-13-7-5-4-6-8-13/h4-8,14H,9-11H2,1-3H3,(H,19,23)(H,20,25)(H,21,24)/t14-/m0/s1. The van der Waals surface area contributed by atoms with Gasteiger partial charge in [-0.3, -0.25) is 14.4 Å². The number of carbonyl (C=O) groups excluding carboxylic acids is 4. The Morgan fingerprint density at radius 3 is 2.23 bits per heavy atom. The fourth-order valence-corrected chi connectivity index (χ4v) is 1.93. The van der Waals surface area contributed by atoms with Crippen LogP contribution in [-0.2, 0) is 25.5 Å². The fraction of sp³-hybridized carbons (Fsp3) is 0.444. The largest absolute Gasteiger partial charge is 0.444 e. The van der Waals surface area contributed by atoms with Crippen molar-refractivity contribution in [2.45, 2.75) is 38.8 Å². The normalized spacial score (nSPS) is 11.8. The molecule has 3 amide bonds. The van der Waals surface area contributed by atoms with Crippen LogP contribution in [0.15, 0.2) is 30.3 Å². The van der Waals surface area contributed by atoms with E-state index in [2.05, 4.69) is 16.0 Å². The number of benzene rings is 1. The Morgan fingerprint density at radius 2 is 1.65 bits per heavy atom. The van der Waals surface area contributed by atoms with Gasteiger partial charge in [-0.25, -0.2) is 4.79 Å². The van der Waals surface area contributed by atoms with Gasteiger partial charge in [0.1, 0.15) is 12.1 Å². The second-order valence-electron chi connectivity index (χ2n) is 6.56. The van der Waals surface area contributed by atoms with E-state index in [-0.39, 0.29) is 13.1 Å². The number of nitrogens with one attached hydrogen (secondary N) is 3. The number of rotatable bonds is 8. The van der Waals surface area contributed by atoms with Gasteiger partial charge in [0.25, 0.3) is 0 Å². The molecule has 141 valence electrons. The van der Waals surface area contributed by atoms with Gasteiger partial charge >= 0.3 is 6.09 Å². The lowest BCUT2D eigenvalue weighted by atomic mass is 10.1. The highest BCUT2D eigenvalue weighted by molar-refractivity contribution is 5.88. The lowest BCUT2D eigenvalue weighted by Crippen LogP contribution is -2.46. The average molecular weight is 362 g/mol. The molecule has 3 N–H and O–H groups in total. The smallest absolute Gasteiger partial charge is 0.408 e. The zero-order valence-electron chi connectivity index (χ0n) is 15.1. The van der Waals surface area contributed by atoms with Crippen LogP contribution in [0.2, 0.25) is 0 Å². The van der Waals surface area contributed by atoms with Crippen molar-refractivity contribution in [2.24, 2.45) is 0 Å². The summed E-state index contributed by atoms with van der Waals surface area (Å²) in [5, 5.41) is 7.10. The molecule has 0 spiro atoms. The van der Waals surface area contributed by atoms with Gasteiger partial charge in [-0.05, 0) is 26.3 Å². The molecule has 0 aliphatic carbocycles. The van der Waals surface area contributed by atoms with E-state index in [9.17, 15) is 19.2 Å². The van der Waals surface area contributed by atoms with E-state index in [0.29, 0.717) is 6.42 Å². The average Bonchev–Trinajstić information content (AvgIpc) is 2.57. The Kier molecular flexibility index (Phi) is 8.27. The van der Waals surface area contributed by atoms with E-state index < -0.39 is 29.6 Å². The maximum Gasteiger partial charge on any atom is 0.408 e. The Labute approximate surface area is 152 Å². The van der Waals surface area contributed by atoms with Gasteiger partial charge in [0, 0.05) is 6.42 Å². The highest BCUT2D eigenvalue weighted by atomic mass is 16.6. The van der Waals surface area contributed by atoms with Gasteiger partial charge in [0.2, 0.25) is 18.1 Å². The molecule has 1 radical (unpaired) electrons. The van der Waals surface area contributed by atoms with Crippen LogP contribution in [0.4, 0.5) is 4.79 Å². The fourth-order valence-electron chi connectivity index (χ4n) is 1.93. The monoisotopic (exact) mass is 362 g/mol. The summed E-state index contributed by atoms with van der Waals surface area (Å²) in [7, 11) is 0. The predicted molar refractivity (Wildman–Crippen MR) is 95.0 cm³/mol. The van der Waals surface area contributed by atoms with Crippen molar-refractivity contribution >= 4 is 24.2 Å². The van der Waals surface area contributed by atoms with Crippen LogP contribution < -0.4 is 16.0 Å². The zero-order chi connectivity index (χ0) is 19.6. The quantitative estimate of drug-likeness (QED) is 0.622. The van der Waals surface area contributed by atoms with Crippen molar-refractivity contribution in [3.63, 3.8) is 0 Å². The third kappa shape index (κ3) is 9.41. The van der Waals surface area contributed by atoms with Gasteiger partial charge in [0.15, 0.2) is 0 Å². The van der Waals surface area contributed by atoms with Crippen LogP contribution in [0.3, 0.4) is 0 Å². The van der Waals surface area contributed by atoms with E-state index in [4.69, 9.17) is 4.74 Å². The minimum absolute atomic E-state index is 0.310. The van der Waals surface area contributed by atoms with E-state index in [0.717, 1.165) is 5.56 Å². The number of amides is 3. The van der Waals surface area contributed by atoms with Crippen molar-refractivity contribution in [1.82, 2.24) is 16.0 Å². The summed E-state index contributed by atoms with van der Waals surface area (Å²) in [6, 6.07) is 8.37. The van der Waals surface area contributed by atoms with Gasteiger partial charge in [-0.1, -0.05) is 30.3 Å². The van der Waals surface area contributed by atoms with Crippen LogP contribution in [0.1, 0.15) is 26.3 Å². The topological polar surface area (TPSA) is 114 Å². The van der Waals surface area contributed by atoms with E-state index in [1.807, 2.05) is 30.3 Å². The van der Waals surface area contributed by atoms with Gasteiger partial charge in [-0.15, -0.1) is 0 Å². The SMILES string of the molecule is CC(C)(C)OC(=O)NCC(=O)NCC(=O)N[C@H]([C]=O)Cc1ccccc1. The molecule has 8 heteroatoms.